The van der Waals surface area contributed by atoms with Gasteiger partial charge in [-0.15, -0.1) is 0 Å². The van der Waals surface area contributed by atoms with Gasteiger partial charge in [0.25, 0.3) is 0 Å². The number of benzene rings is 2. The number of hydrogen-bond donors (Lipinski definition) is 2. The summed E-state index contributed by atoms with van der Waals surface area (Å²) in [4.78, 5) is 24.6. The van der Waals surface area contributed by atoms with Crippen LogP contribution in [0.2, 0.25) is 0 Å². The van der Waals surface area contributed by atoms with Crippen LogP contribution in [0.4, 0.5) is 13.6 Å². The lowest BCUT2D eigenvalue weighted by Gasteiger charge is -2.30. The van der Waals surface area contributed by atoms with E-state index in [9.17, 15) is 13.6 Å². The van der Waals surface area contributed by atoms with Gasteiger partial charge in [0.2, 0.25) is 0 Å². The number of carbonyl (C=O) groups excluding carboxylic acids is 1. The molecule has 2 aliphatic rings. The van der Waals surface area contributed by atoms with E-state index < -0.39 is 17.7 Å². The number of rotatable bonds is 5. The third kappa shape index (κ3) is 4.81. The molecule has 0 aliphatic carbocycles. The maximum atomic E-state index is 13.6. The number of fused-ring (bicyclic) bond motifs is 2. The van der Waals surface area contributed by atoms with E-state index in [1.807, 2.05) is 19.2 Å². The van der Waals surface area contributed by atoms with E-state index in [-0.39, 0.29) is 12.2 Å². The molecule has 2 unspecified atom stereocenters. The average molecular weight is 523 g/mol. The van der Waals surface area contributed by atoms with Crippen molar-refractivity contribution in [2.75, 3.05) is 20.1 Å². The van der Waals surface area contributed by atoms with Gasteiger partial charge in [-0.1, -0.05) is 0 Å². The number of nitrogens with one attached hydrogen (secondary N) is 2. The van der Waals surface area contributed by atoms with Crippen LogP contribution in [0.5, 0.6) is 5.75 Å². The van der Waals surface area contributed by atoms with Crippen LogP contribution in [0, 0.1) is 11.6 Å². The number of aromatic nitrogens is 4. The van der Waals surface area contributed by atoms with Gasteiger partial charge in [-0.3, -0.25) is 10.00 Å². The Labute approximate surface area is 217 Å². The highest BCUT2D eigenvalue weighted by Crippen LogP contribution is 2.32. The predicted molar refractivity (Wildman–Crippen MR) is 135 cm³/mol. The topological polar surface area (TPSA) is 99.4 Å². The molecule has 11 heteroatoms. The third-order valence-corrected chi connectivity index (χ3v) is 7.09. The first-order chi connectivity index (χ1) is 18.3. The molecule has 6 rings (SSSR count). The van der Waals surface area contributed by atoms with E-state index in [1.54, 1.807) is 17.9 Å². The lowest BCUT2D eigenvalue weighted by atomic mass is 10.1. The second-order valence-corrected chi connectivity index (χ2v) is 10.0. The lowest BCUT2D eigenvalue weighted by molar-refractivity contribution is 0.0270. The first-order valence-corrected chi connectivity index (χ1v) is 12.7. The van der Waals surface area contributed by atoms with E-state index in [1.165, 1.54) is 12.1 Å². The van der Waals surface area contributed by atoms with Gasteiger partial charge >= 0.3 is 6.09 Å². The van der Waals surface area contributed by atoms with Crippen molar-refractivity contribution >= 4 is 17.0 Å². The SMILES string of the molecule is CC(Oc1ccc2[nH]nc(-c3nc4c([nH]3)CN(C(=O)OC3CCCN(C)C3)C4)c2c1)c1cc(F)cc(F)c1. The van der Waals surface area contributed by atoms with Gasteiger partial charge in [0, 0.05) is 18.0 Å². The van der Waals surface area contributed by atoms with Gasteiger partial charge in [-0.05, 0) is 69.3 Å². The highest BCUT2D eigenvalue weighted by Gasteiger charge is 2.31. The van der Waals surface area contributed by atoms with Gasteiger partial charge in [0.1, 0.15) is 35.3 Å². The number of piperidine rings is 1. The summed E-state index contributed by atoms with van der Waals surface area (Å²) in [6, 6.07) is 8.76. The second-order valence-electron chi connectivity index (χ2n) is 10.0. The van der Waals surface area contributed by atoms with Gasteiger partial charge in [-0.25, -0.2) is 18.6 Å². The molecule has 4 heterocycles. The van der Waals surface area contributed by atoms with Crippen LogP contribution in [0.1, 0.15) is 42.8 Å². The van der Waals surface area contributed by atoms with Gasteiger partial charge < -0.3 is 19.4 Å². The lowest BCUT2D eigenvalue weighted by Crippen LogP contribution is -2.40. The van der Waals surface area contributed by atoms with Crippen LogP contribution in [0.15, 0.2) is 36.4 Å². The summed E-state index contributed by atoms with van der Waals surface area (Å²) in [6.07, 6.45) is 0.925. The number of imidazole rings is 1. The number of carbonyl (C=O) groups is 1. The fourth-order valence-corrected chi connectivity index (χ4v) is 5.14. The largest absolute Gasteiger partial charge is 0.486 e. The van der Waals surface area contributed by atoms with E-state index >= 15 is 0 Å². The van der Waals surface area contributed by atoms with Crippen molar-refractivity contribution < 1.29 is 23.0 Å². The summed E-state index contributed by atoms with van der Waals surface area (Å²) in [7, 11) is 2.03. The van der Waals surface area contributed by atoms with Crippen LogP contribution < -0.4 is 4.74 Å². The Hall–Kier alpha value is -3.99. The summed E-state index contributed by atoms with van der Waals surface area (Å²) in [6.45, 7) is 4.27. The summed E-state index contributed by atoms with van der Waals surface area (Å²) in [5.74, 6) is -0.191. The number of ether oxygens (including phenoxy) is 2. The van der Waals surface area contributed by atoms with Crippen molar-refractivity contribution in [2.24, 2.45) is 0 Å². The average Bonchev–Trinajstić information content (AvgIpc) is 3.56. The standard InChI is InChI=1S/C27H28F2N6O3/c1-15(16-8-17(28)10-18(29)9-16)37-19-5-6-22-21(11-19)25(33-32-22)26-30-23-13-35(14-24(23)31-26)27(36)38-20-4-3-7-34(2)12-20/h5-6,8-11,15,20H,3-4,7,12-14H2,1-2H3,(H,30,31)(H,32,33). The van der Waals surface area contributed by atoms with Gasteiger partial charge in [-0.2, -0.15) is 5.10 Å². The monoisotopic (exact) mass is 522 g/mol. The number of likely N-dealkylation sites (N-methyl/N-ethyl adjacent to an activating group) is 1. The van der Waals surface area contributed by atoms with Crippen molar-refractivity contribution in [2.45, 2.75) is 45.1 Å². The molecule has 2 aromatic carbocycles. The van der Waals surface area contributed by atoms with Crippen molar-refractivity contribution in [3.05, 3.63) is 65.0 Å². The molecule has 1 saturated heterocycles. The molecule has 0 bridgehead atoms. The number of hydrogen-bond acceptors (Lipinski definition) is 6. The van der Waals surface area contributed by atoms with Crippen LogP contribution >= 0.6 is 0 Å². The summed E-state index contributed by atoms with van der Waals surface area (Å²) in [5, 5.41) is 8.22. The minimum absolute atomic E-state index is 0.0850. The Morgan fingerprint density at radius 1 is 1.16 bits per heavy atom. The first kappa shape index (κ1) is 24.4. The smallest absolute Gasteiger partial charge is 0.410 e. The molecule has 2 aromatic heterocycles. The molecule has 0 saturated carbocycles. The molecule has 38 heavy (non-hydrogen) atoms. The number of likely N-dealkylation sites (tertiary alicyclic amines) is 1. The third-order valence-electron chi connectivity index (χ3n) is 7.09. The van der Waals surface area contributed by atoms with Crippen LogP contribution in [-0.2, 0) is 17.8 Å². The summed E-state index contributed by atoms with van der Waals surface area (Å²) in [5.41, 5.74) is 3.43. The van der Waals surface area contributed by atoms with Crippen molar-refractivity contribution in [1.82, 2.24) is 30.0 Å². The van der Waals surface area contributed by atoms with E-state index in [0.29, 0.717) is 35.9 Å². The fraction of sp³-hybridized carbons (Fsp3) is 0.370. The van der Waals surface area contributed by atoms with Crippen molar-refractivity contribution in [3.63, 3.8) is 0 Å². The molecule has 2 aliphatic heterocycles. The quantitative estimate of drug-likeness (QED) is 0.386. The van der Waals surface area contributed by atoms with E-state index in [4.69, 9.17) is 14.5 Å². The Morgan fingerprint density at radius 2 is 1.97 bits per heavy atom. The van der Waals surface area contributed by atoms with Crippen molar-refractivity contribution in [1.29, 1.82) is 0 Å². The number of aromatic amines is 2. The highest BCUT2D eigenvalue weighted by molar-refractivity contribution is 5.92. The molecule has 0 radical (unpaired) electrons. The maximum absolute atomic E-state index is 13.6. The van der Waals surface area contributed by atoms with E-state index in [2.05, 4.69) is 20.1 Å². The molecule has 4 aromatic rings. The maximum Gasteiger partial charge on any atom is 0.410 e. The van der Waals surface area contributed by atoms with Crippen LogP contribution in [0.25, 0.3) is 22.4 Å². The number of nitrogens with zero attached hydrogens (tertiary/aromatic N) is 4. The number of H-pyrrole nitrogens is 2. The molecule has 2 N–H and O–H groups in total. The summed E-state index contributed by atoms with van der Waals surface area (Å²) < 4.78 is 39.0. The molecule has 9 nitrogen and oxygen atoms in total. The minimum atomic E-state index is -0.651. The predicted octanol–water partition coefficient (Wildman–Crippen LogP) is 4.92. The summed E-state index contributed by atoms with van der Waals surface area (Å²) >= 11 is 0. The van der Waals surface area contributed by atoms with Gasteiger partial charge in [0.15, 0.2) is 5.82 Å². The molecule has 2 atom stereocenters. The Morgan fingerprint density at radius 3 is 2.74 bits per heavy atom. The Kier molecular flexibility index (Phi) is 6.22. The Bertz CT molecular complexity index is 1460. The van der Waals surface area contributed by atoms with E-state index in [0.717, 1.165) is 54.3 Å². The molecular weight excluding hydrogens is 494 g/mol. The molecule has 1 fully saturated rings. The normalized spacial score (nSPS) is 18.5. The zero-order valence-corrected chi connectivity index (χ0v) is 21.1. The number of halogens is 2. The van der Waals surface area contributed by atoms with Crippen LogP contribution in [-0.4, -0.2) is 62.3 Å². The molecule has 198 valence electrons. The number of amides is 1. The first-order valence-electron chi connectivity index (χ1n) is 12.7. The molecule has 1 amide bonds. The zero-order chi connectivity index (χ0) is 26.4. The fourth-order valence-electron chi connectivity index (χ4n) is 5.14. The molecular formula is C27H28F2N6O3. The van der Waals surface area contributed by atoms with Crippen LogP contribution in [0.3, 0.4) is 0 Å². The van der Waals surface area contributed by atoms with Crippen molar-refractivity contribution in [3.8, 4) is 17.3 Å². The minimum Gasteiger partial charge on any atom is -0.486 e. The zero-order valence-electron chi connectivity index (χ0n) is 21.1. The Balaban J connectivity index is 1.16. The second kappa shape index (κ2) is 9.71. The molecule has 0 spiro atoms. The highest BCUT2D eigenvalue weighted by atomic mass is 19.1. The van der Waals surface area contributed by atoms with Gasteiger partial charge in [0.05, 0.1) is 30.0 Å².